The maximum absolute atomic E-state index is 12.8. The van der Waals surface area contributed by atoms with Gasteiger partial charge in [0.25, 0.3) is 0 Å². The second-order valence-electron chi connectivity index (χ2n) is 6.26. The molecule has 0 aromatic heterocycles. The lowest BCUT2D eigenvalue weighted by molar-refractivity contribution is -0.137. The Hall–Kier alpha value is -0.610. The lowest BCUT2D eigenvalue weighted by Crippen LogP contribution is -2.45. The Kier molecular flexibility index (Phi) is 6.80. The van der Waals surface area contributed by atoms with Crippen molar-refractivity contribution in [2.45, 2.75) is 57.4 Å². The molecule has 20 heavy (non-hydrogen) atoms. The third-order valence-corrected chi connectivity index (χ3v) is 4.68. The molecular weight excluding hydrogens is 252 g/mol. The topological polar surface area (TPSA) is 41.6 Å². The van der Waals surface area contributed by atoms with Crippen molar-refractivity contribution in [1.29, 1.82) is 0 Å². The summed E-state index contributed by atoms with van der Waals surface area (Å²) in [7, 11) is 1.71. The molecule has 0 radical (unpaired) electrons. The van der Waals surface area contributed by atoms with Crippen LogP contribution < -0.4 is 5.32 Å². The molecule has 0 aromatic carbocycles. The van der Waals surface area contributed by atoms with Gasteiger partial charge >= 0.3 is 0 Å². The number of ether oxygens (including phenoxy) is 1. The number of nitrogens with zero attached hydrogens (tertiary/aromatic N) is 1. The van der Waals surface area contributed by atoms with E-state index < -0.39 is 0 Å². The van der Waals surface area contributed by atoms with E-state index in [1.165, 1.54) is 38.5 Å². The molecule has 1 aliphatic carbocycles. The van der Waals surface area contributed by atoms with Crippen molar-refractivity contribution >= 4 is 5.91 Å². The monoisotopic (exact) mass is 282 g/mol. The van der Waals surface area contributed by atoms with E-state index >= 15 is 0 Å². The van der Waals surface area contributed by atoms with Crippen LogP contribution in [0.3, 0.4) is 0 Å². The van der Waals surface area contributed by atoms with Gasteiger partial charge in [0.05, 0.1) is 6.61 Å². The first kappa shape index (κ1) is 15.8. The molecule has 0 aromatic rings. The van der Waals surface area contributed by atoms with Gasteiger partial charge in [0.2, 0.25) is 5.91 Å². The van der Waals surface area contributed by atoms with Gasteiger partial charge in [0.15, 0.2) is 0 Å². The van der Waals surface area contributed by atoms with Crippen molar-refractivity contribution in [2.24, 2.45) is 5.92 Å². The maximum Gasteiger partial charge on any atom is 0.225 e. The largest absolute Gasteiger partial charge is 0.383 e. The molecule has 116 valence electrons. The quantitative estimate of drug-likeness (QED) is 0.759. The first-order chi connectivity index (χ1) is 9.81. The van der Waals surface area contributed by atoms with Gasteiger partial charge < -0.3 is 15.0 Å². The SMILES string of the molecule is COCCN(CC1CCCN1)C(=O)C1CCCCCC1. The minimum absolute atomic E-state index is 0.260. The summed E-state index contributed by atoms with van der Waals surface area (Å²) in [5.74, 6) is 0.633. The van der Waals surface area contributed by atoms with Gasteiger partial charge in [-0.1, -0.05) is 25.7 Å². The number of nitrogens with one attached hydrogen (secondary N) is 1. The summed E-state index contributed by atoms with van der Waals surface area (Å²) >= 11 is 0. The highest BCUT2D eigenvalue weighted by molar-refractivity contribution is 5.79. The number of methoxy groups -OCH3 is 1. The molecule has 1 saturated carbocycles. The Balaban J connectivity index is 1.90. The molecule has 1 heterocycles. The molecule has 2 aliphatic rings. The standard InChI is InChI=1S/C16H30N2O2/c1-20-12-11-18(13-15-9-6-10-17-15)16(19)14-7-4-2-3-5-8-14/h14-15,17H,2-13H2,1H3. The van der Waals surface area contributed by atoms with Crippen LogP contribution in [0, 0.1) is 5.92 Å². The molecule has 4 heteroatoms. The number of hydrogen-bond acceptors (Lipinski definition) is 3. The third kappa shape index (κ3) is 4.74. The first-order valence-corrected chi connectivity index (χ1v) is 8.32. The van der Waals surface area contributed by atoms with Crippen molar-refractivity contribution in [2.75, 3.05) is 33.4 Å². The maximum atomic E-state index is 12.8. The number of carbonyl (C=O) groups excluding carboxylic acids is 1. The molecule has 1 amide bonds. The van der Waals surface area contributed by atoms with Gasteiger partial charge in [0, 0.05) is 32.2 Å². The van der Waals surface area contributed by atoms with E-state index in [0.717, 1.165) is 32.5 Å². The third-order valence-electron chi connectivity index (χ3n) is 4.68. The van der Waals surface area contributed by atoms with Crippen LogP contribution in [0.4, 0.5) is 0 Å². The van der Waals surface area contributed by atoms with Gasteiger partial charge in [-0.25, -0.2) is 0 Å². The van der Waals surface area contributed by atoms with Crippen molar-refractivity contribution in [3.63, 3.8) is 0 Å². The molecule has 2 fully saturated rings. The van der Waals surface area contributed by atoms with Crippen molar-refractivity contribution in [3.05, 3.63) is 0 Å². The Morgan fingerprint density at radius 2 is 1.90 bits per heavy atom. The van der Waals surface area contributed by atoms with Crippen LogP contribution in [0.1, 0.15) is 51.4 Å². The molecule has 1 unspecified atom stereocenters. The van der Waals surface area contributed by atoms with Gasteiger partial charge in [-0.05, 0) is 32.2 Å². The van der Waals surface area contributed by atoms with E-state index in [1.54, 1.807) is 7.11 Å². The van der Waals surface area contributed by atoms with E-state index in [0.29, 0.717) is 18.6 Å². The smallest absolute Gasteiger partial charge is 0.225 e. The molecule has 1 saturated heterocycles. The molecule has 1 N–H and O–H groups in total. The van der Waals surface area contributed by atoms with Crippen LogP contribution in [0.15, 0.2) is 0 Å². The zero-order chi connectivity index (χ0) is 14.2. The lowest BCUT2D eigenvalue weighted by Gasteiger charge is -2.29. The number of carbonyl (C=O) groups is 1. The Bertz CT molecular complexity index is 282. The summed E-state index contributed by atoms with van der Waals surface area (Å²) in [6.45, 7) is 3.34. The Morgan fingerprint density at radius 1 is 1.15 bits per heavy atom. The number of rotatable bonds is 6. The summed E-state index contributed by atoms with van der Waals surface area (Å²) in [6.07, 6.45) is 9.63. The van der Waals surface area contributed by atoms with Crippen LogP contribution in [-0.4, -0.2) is 50.2 Å². The molecule has 2 rings (SSSR count). The van der Waals surface area contributed by atoms with Crippen molar-refractivity contribution < 1.29 is 9.53 Å². The van der Waals surface area contributed by atoms with E-state index in [-0.39, 0.29) is 5.92 Å². The normalized spacial score (nSPS) is 24.6. The zero-order valence-electron chi connectivity index (χ0n) is 12.9. The van der Waals surface area contributed by atoms with Crippen molar-refractivity contribution in [3.8, 4) is 0 Å². The van der Waals surface area contributed by atoms with Gasteiger partial charge in [0.1, 0.15) is 0 Å². The van der Waals surface area contributed by atoms with Crippen LogP contribution in [0.2, 0.25) is 0 Å². The average Bonchev–Trinajstić information content (AvgIpc) is 2.82. The van der Waals surface area contributed by atoms with E-state index in [4.69, 9.17) is 4.74 Å². The predicted octanol–water partition coefficient (Wildman–Crippen LogP) is 2.18. The summed E-state index contributed by atoms with van der Waals surface area (Å²) < 4.78 is 5.18. The van der Waals surface area contributed by atoms with Crippen LogP contribution in [0.5, 0.6) is 0 Å². The van der Waals surface area contributed by atoms with Gasteiger partial charge in [-0.15, -0.1) is 0 Å². The first-order valence-electron chi connectivity index (χ1n) is 8.32. The molecule has 0 bridgehead atoms. The Labute approximate surface area is 123 Å². The Morgan fingerprint density at radius 3 is 2.50 bits per heavy atom. The molecule has 1 atom stereocenters. The molecule has 1 aliphatic heterocycles. The van der Waals surface area contributed by atoms with E-state index in [2.05, 4.69) is 10.2 Å². The average molecular weight is 282 g/mol. The summed E-state index contributed by atoms with van der Waals surface area (Å²) in [5, 5.41) is 3.50. The van der Waals surface area contributed by atoms with Gasteiger partial charge in [-0.2, -0.15) is 0 Å². The number of hydrogen-bond donors (Lipinski definition) is 1. The predicted molar refractivity (Wildman–Crippen MR) is 80.7 cm³/mol. The highest BCUT2D eigenvalue weighted by Crippen LogP contribution is 2.25. The minimum Gasteiger partial charge on any atom is -0.383 e. The molecular formula is C16H30N2O2. The van der Waals surface area contributed by atoms with Crippen LogP contribution >= 0.6 is 0 Å². The number of amides is 1. The molecule has 4 nitrogen and oxygen atoms in total. The fraction of sp³-hybridized carbons (Fsp3) is 0.938. The fourth-order valence-electron chi connectivity index (χ4n) is 3.46. The molecule has 0 spiro atoms. The minimum atomic E-state index is 0.260. The highest BCUT2D eigenvalue weighted by Gasteiger charge is 2.27. The van der Waals surface area contributed by atoms with Crippen molar-refractivity contribution in [1.82, 2.24) is 10.2 Å². The zero-order valence-corrected chi connectivity index (χ0v) is 12.9. The van der Waals surface area contributed by atoms with E-state index in [1.807, 2.05) is 0 Å². The second kappa shape index (κ2) is 8.63. The fourth-order valence-corrected chi connectivity index (χ4v) is 3.46. The summed E-state index contributed by atoms with van der Waals surface area (Å²) in [5.41, 5.74) is 0. The van der Waals surface area contributed by atoms with Gasteiger partial charge in [-0.3, -0.25) is 4.79 Å². The van der Waals surface area contributed by atoms with Crippen LogP contribution in [0.25, 0.3) is 0 Å². The van der Waals surface area contributed by atoms with Crippen LogP contribution in [-0.2, 0) is 9.53 Å². The summed E-state index contributed by atoms with van der Waals surface area (Å²) in [6, 6.07) is 0.488. The summed E-state index contributed by atoms with van der Waals surface area (Å²) in [4.78, 5) is 14.8. The second-order valence-corrected chi connectivity index (χ2v) is 6.26. The van der Waals surface area contributed by atoms with E-state index in [9.17, 15) is 4.79 Å². The highest BCUT2D eigenvalue weighted by atomic mass is 16.5. The lowest BCUT2D eigenvalue weighted by atomic mass is 9.98.